The van der Waals surface area contributed by atoms with Crippen molar-refractivity contribution in [1.29, 1.82) is 0 Å². The predicted octanol–water partition coefficient (Wildman–Crippen LogP) is 2.71. The van der Waals surface area contributed by atoms with E-state index < -0.39 is 11.0 Å². The van der Waals surface area contributed by atoms with Gasteiger partial charge in [0.15, 0.2) is 0 Å². The summed E-state index contributed by atoms with van der Waals surface area (Å²) in [6, 6.07) is 14.8. The van der Waals surface area contributed by atoms with Gasteiger partial charge in [-0.25, -0.2) is 4.21 Å². The fraction of sp³-hybridized carbons (Fsp3) is 0.0769. The second-order valence-corrected chi connectivity index (χ2v) is 5.02. The molecule has 4 heteroatoms. The number of anilines is 2. The minimum atomic E-state index is -1.24. The highest BCUT2D eigenvalue weighted by atomic mass is 32.2. The van der Waals surface area contributed by atoms with Crippen molar-refractivity contribution in [3.8, 4) is 0 Å². The van der Waals surface area contributed by atoms with Crippen molar-refractivity contribution in [3.05, 3.63) is 54.1 Å². The molecular weight excluding hydrogens is 232 g/mol. The van der Waals surface area contributed by atoms with Gasteiger partial charge in [-0.1, -0.05) is 17.7 Å². The maximum Gasteiger partial charge on any atom is 0.150 e. The molecule has 0 bridgehead atoms. The van der Waals surface area contributed by atoms with Gasteiger partial charge in [-0.05, 0) is 43.3 Å². The highest BCUT2D eigenvalue weighted by Crippen LogP contribution is 2.14. The summed E-state index contributed by atoms with van der Waals surface area (Å²) >= 11 is 0. The topological polar surface area (TPSA) is 55.1 Å². The lowest BCUT2D eigenvalue weighted by molar-refractivity contribution is 0.686. The molecule has 0 aliphatic heterocycles. The van der Waals surface area contributed by atoms with Crippen LogP contribution in [-0.4, -0.2) is 4.21 Å². The van der Waals surface area contributed by atoms with Gasteiger partial charge in [0.2, 0.25) is 0 Å². The molecule has 0 amide bonds. The zero-order valence-corrected chi connectivity index (χ0v) is 10.3. The summed E-state index contributed by atoms with van der Waals surface area (Å²) < 4.78 is 14.9. The van der Waals surface area contributed by atoms with Gasteiger partial charge >= 0.3 is 0 Å². The van der Waals surface area contributed by atoms with Crippen LogP contribution in [0, 0.1) is 6.92 Å². The average Bonchev–Trinajstić information content (AvgIpc) is 2.33. The predicted molar refractivity (Wildman–Crippen MR) is 72.1 cm³/mol. The minimum Gasteiger partial charge on any atom is -0.399 e. The lowest BCUT2D eigenvalue weighted by atomic mass is 10.2. The highest BCUT2D eigenvalue weighted by Gasteiger charge is 2.03. The van der Waals surface area contributed by atoms with Gasteiger partial charge < -0.3 is 10.5 Å². The molecule has 0 aliphatic rings. The Hall–Kier alpha value is -1.81. The van der Waals surface area contributed by atoms with Crippen molar-refractivity contribution in [2.24, 2.45) is 0 Å². The van der Waals surface area contributed by atoms with E-state index in [-0.39, 0.29) is 0 Å². The Balaban J connectivity index is 2.11. The van der Waals surface area contributed by atoms with E-state index in [1.807, 2.05) is 31.2 Å². The first kappa shape index (κ1) is 11.7. The highest BCUT2D eigenvalue weighted by molar-refractivity contribution is 7.86. The summed E-state index contributed by atoms with van der Waals surface area (Å²) in [5, 5.41) is 0. The third-order valence-electron chi connectivity index (χ3n) is 2.36. The Kier molecular flexibility index (Phi) is 3.44. The van der Waals surface area contributed by atoms with Crippen LogP contribution in [-0.2, 0) is 11.0 Å². The van der Waals surface area contributed by atoms with Crippen LogP contribution < -0.4 is 10.5 Å². The summed E-state index contributed by atoms with van der Waals surface area (Å²) in [6.45, 7) is 2.00. The van der Waals surface area contributed by atoms with Gasteiger partial charge in [0, 0.05) is 11.4 Å². The van der Waals surface area contributed by atoms with Crippen LogP contribution in [0.1, 0.15) is 5.56 Å². The van der Waals surface area contributed by atoms with E-state index >= 15 is 0 Å². The molecule has 0 fully saturated rings. The van der Waals surface area contributed by atoms with E-state index in [2.05, 4.69) is 4.72 Å². The first-order valence-corrected chi connectivity index (χ1v) is 6.41. The van der Waals surface area contributed by atoms with Crippen LogP contribution in [0.5, 0.6) is 0 Å². The first-order valence-electron chi connectivity index (χ1n) is 5.26. The smallest absolute Gasteiger partial charge is 0.150 e. The third-order valence-corrected chi connectivity index (χ3v) is 3.48. The first-order chi connectivity index (χ1) is 8.15. The molecule has 2 aromatic carbocycles. The monoisotopic (exact) mass is 246 g/mol. The van der Waals surface area contributed by atoms with Gasteiger partial charge in [0.05, 0.1) is 4.90 Å². The molecule has 2 aromatic rings. The normalized spacial score (nSPS) is 12.1. The van der Waals surface area contributed by atoms with Crippen LogP contribution in [0.4, 0.5) is 11.4 Å². The summed E-state index contributed by atoms with van der Waals surface area (Å²) in [5.74, 6) is 0. The molecule has 3 N–H and O–H groups in total. The van der Waals surface area contributed by atoms with Crippen molar-refractivity contribution in [3.63, 3.8) is 0 Å². The van der Waals surface area contributed by atoms with Crippen LogP contribution in [0.15, 0.2) is 53.4 Å². The van der Waals surface area contributed by atoms with Crippen molar-refractivity contribution in [1.82, 2.24) is 0 Å². The maximum absolute atomic E-state index is 12.0. The van der Waals surface area contributed by atoms with Crippen LogP contribution in [0.25, 0.3) is 0 Å². The standard InChI is InChI=1S/C13H14N2OS/c1-10-2-8-13(9-3-10)17(16)15-12-6-4-11(14)5-7-12/h2-9,15H,14H2,1H3. The molecule has 0 aliphatic carbocycles. The van der Waals surface area contributed by atoms with Crippen molar-refractivity contribution < 1.29 is 4.21 Å². The second-order valence-electron chi connectivity index (χ2n) is 3.81. The summed E-state index contributed by atoms with van der Waals surface area (Å²) in [5.41, 5.74) is 8.21. The summed E-state index contributed by atoms with van der Waals surface area (Å²) in [7, 11) is -1.24. The van der Waals surface area contributed by atoms with Gasteiger partial charge in [-0.2, -0.15) is 0 Å². The summed E-state index contributed by atoms with van der Waals surface area (Å²) in [6.07, 6.45) is 0. The number of hydrogen-bond donors (Lipinski definition) is 2. The fourth-order valence-corrected chi connectivity index (χ4v) is 2.23. The molecule has 88 valence electrons. The zero-order valence-electron chi connectivity index (χ0n) is 9.51. The molecular formula is C13H14N2OS. The van der Waals surface area contributed by atoms with E-state index in [0.717, 1.165) is 16.1 Å². The van der Waals surface area contributed by atoms with E-state index in [1.165, 1.54) is 0 Å². The van der Waals surface area contributed by atoms with Gasteiger partial charge in [-0.15, -0.1) is 0 Å². The van der Waals surface area contributed by atoms with Crippen LogP contribution in [0.2, 0.25) is 0 Å². The number of nitrogens with one attached hydrogen (secondary N) is 1. The molecule has 1 atom stereocenters. The average molecular weight is 246 g/mol. The van der Waals surface area contributed by atoms with Crippen LogP contribution in [0.3, 0.4) is 0 Å². The van der Waals surface area contributed by atoms with E-state index in [0.29, 0.717) is 5.69 Å². The number of benzene rings is 2. The third kappa shape index (κ3) is 3.07. The largest absolute Gasteiger partial charge is 0.399 e. The van der Waals surface area contributed by atoms with Gasteiger partial charge in [0.25, 0.3) is 0 Å². The number of nitrogens with two attached hydrogens (primary N) is 1. The van der Waals surface area contributed by atoms with Crippen LogP contribution >= 0.6 is 0 Å². The minimum absolute atomic E-state index is 0.691. The van der Waals surface area contributed by atoms with E-state index in [1.54, 1.807) is 24.3 Å². The fourth-order valence-electron chi connectivity index (χ4n) is 1.38. The number of rotatable bonds is 3. The van der Waals surface area contributed by atoms with Gasteiger partial charge in [-0.3, -0.25) is 0 Å². The Labute approximate surface area is 103 Å². The molecule has 1 unspecified atom stereocenters. The molecule has 0 saturated heterocycles. The number of hydrogen-bond acceptors (Lipinski definition) is 2. The van der Waals surface area contributed by atoms with Crippen molar-refractivity contribution >= 4 is 22.4 Å². The lowest BCUT2D eigenvalue weighted by Gasteiger charge is -2.06. The molecule has 2 rings (SSSR count). The van der Waals surface area contributed by atoms with E-state index in [9.17, 15) is 4.21 Å². The molecule has 17 heavy (non-hydrogen) atoms. The van der Waals surface area contributed by atoms with E-state index in [4.69, 9.17) is 5.73 Å². The Morgan fingerprint density at radius 3 is 2.18 bits per heavy atom. The lowest BCUT2D eigenvalue weighted by Crippen LogP contribution is -2.04. The molecule has 0 spiro atoms. The number of nitrogen functional groups attached to an aromatic ring is 1. The zero-order chi connectivity index (χ0) is 12.3. The molecule has 3 nitrogen and oxygen atoms in total. The molecule has 0 radical (unpaired) electrons. The second kappa shape index (κ2) is 5.01. The SMILES string of the molecule is Cc1ccc(S(=O)Nc2ccc(N)cc2)cc1. The Bertz CT molecular complexity index is 520. The summed E-state index contributed by atoms with van der Waals surface area (Å²) in [4.78, 5) is 0.757. The van der Waals surface area contributed by atoms with Gasteiger partial charge in [0.1, 0.15) is 11.0 Å². The molecule has 0 heterocycles. The Morgan fingerprint density at radius 1 is 1.00 bits per heavy atom. The van der Waals surface area contributed by atoms with Crippen molar-refractivity contribution in [2.45, 2.75) is 11.8 Å². The molecule has 0 saturated carbocycles. The number of aryl methyl sites for hydroxylation is 1. The maximum atomic E-state index is 12.0. The van der Waals surface area contributed by atoms with Crippen molar-refractivity contribution in [2.75, 3.05) is 10.5 Å². The quantitative estimate of drug-likeness (QED) is 0.818. The molecule has 0 aromatic heterocycles. The Morgan fingerprint density at radius 2 is 1.59 bits per heavy atom.